The summed E-state index contributed by atoms with van der Waals surface area (Å²) in [5.41, 5.74) is 4.51. The third-order valence-corrected chi connectivity index (χ3v) is 7.19. The summed E-state index contributed by atoms with van der Waals surface area (Å²) in [6.45, 7) is 14.0. The molecule has 2 heteroatoms. The molecule has 0 spiro atoms. The van der Waals surface area contributed by atoms with Crippen LogP contribution < -0.4 is 10.7 Å². The Bertz CT molecular complexity index is 846. The Morgan fingerprint density at radius 1 is 0.667 bits per heavy atom. The molecule has 27 heavy (non-hydrogen) atoms. The minimum Gasteiger partial charge on any atom is -0.252 e. The lowest BCUT2D eigenvalue weighted by molar-refractivity contribution is 0.411. The quantitative estimate of drug-likeness (QED) is 0.595. The summed E-state index contributed by atoms with van der Waals surface area (Å²) in [7, 11) is 0. The van der Waals surface area contributed by atoms with Crippen LogP contribution in [0.25, 0.3) is 0 Å². The van der Waals surface area contributed by atoms with Crippen molar-refractivity contribution in [3.8, 4) is 0 Å². The molecule has 3 rings (SSSR count). The zero-order chi connectivity index (χ0) is 19.7. The molecule has 0 bridgehead atoms. The van der Waals surface area contributed by atoms with E-state index in [0.29, 0.717) is 0 Å². The first-order chi connectivity index (χ1) is 12.9. The molecule has 1 aliphatic heterocycles. The van der Waals surface area contributed by atoms with Gasteiger partial charge in [-0.3, -0.25) is 9.98 Å². The summed E-state index contributed by atoms with van der Waals surface area (Å²) < 4.78 is 0. The highest BCUT2D eigenvalue weighted by atomic mass is 15.0. The van der Waals surface area contributed by atoms with Crippen molar-refractivity contribution in [1.82, 2.24) is 0 Å². The second-order valence-corrected chi connectivity index (χ2v) is 8.42. The molecular weight excluding hydrogens is 328 g/mol. The molecule has 2 aromatic carbocycles. The van der Waals surface area contributed by atoms with E-state index in [1.54, 1.807) is 0 Å². The van der Waals surface area contributed by atoms with Crippen LogP contribution in [0.15, 0.2) is 52.4 Å². The maximum atomic E-state index is 5.04. The molecule has 0 N–H and O–H groups in total. The van der Waals surface area contributed by atoms with Crippen molar-refractivity contribution in [2.45, 2.75) is 84.2 Å². The van der Waals surface area contributed by atoms with Crippen LogP contribution in [0.1, 0.15) is 90.1 Å². The van der Waals surface area contributed by atoms with Gasteiger partial charge < -0.3 is 0 Å². The van der Waals surface area contributed by atoms with E-state index in [-0.39, 0.29) is 17.0 Å². The summed E-state index contributed by atoms with van der Waals surface area (Å²) in [5, 5.41) is 2.04. The van der Waals surface area contributed by atoms with Crippen LogP contribution in [0, 0.1) is 0 Å². The average Bonchev–Trinajstić information content (AvgIpc) is 3.16. The van der Waals surface area contributed by atoms with Gasteiger partial charge in [-0.15, -0.1) is 0 Å². The zero-order valence-electron chi connectivity index (χ0n) is 17.8. The molecule has 0 radical (unpaired) electrons. The molecule has 0 aromatic heterocycles. The van der Waals surface area contributed by atoms with E-state index in [1.807, 2.05) is 0 Å². The summed E-state index contributed by atoms with van der Waals surface area (Å²) >= 11 is 0. The van der Waals surface area contributed by atoms with Crippen LogP contribution in [-0.2, 0) is 10.8 Å². The monoisotopic (exact) mass is 362 g/mol. The normalized spacial score (nSPS) is 14.6. The summed E-state index contributed by atoms with van der Waals surface area (Å²) in [6.07, 6.45) is 4.36. The largest absolute Gasteiger partial charge is 0.252 e. The van der Waals surface area contributed by atoms with Crippen LogP contribution in [0.5, 0.6) is 0 Å². The van der Waals surface area contributed by atoms with Gasteiger partial charge >= 0.3 is 0 Å². The van der Waals surface area contributed by atoms with E-state index in [9.17, 15) is 0 Å². The standard InChI is InChI=1S/C25H34N2/c1-7-24(5,8-2)18-14-13-15-19(25(6,9-3)10-4)22(18)23-26-20-16-11-12-17-21(20)27-23/h11-17,23H,7-10H2,1-6H3. The van der Waals surface area contributed by atoms with Crippen molar-refractivity contribution < 1.29 is 0 Å². The topological polar surface area (TPSA) is 24.7 Å². The Hall–Kier alpha value is -1.96. The molecule has 0 unspecified atom stereocenters. The van der Waals surface area contributed by atoms with Gasteiger partial charge in [0.15, 0.2) is 6.17 Å². The van der Waals surface area contributed by atoms with E-state index in [1.165, 1.54) is 16.7 Å². The average molecular weight is 363 g/mol. The third kappa shape index (κ3) is 3.35. The lowest BCUT2D eigenvalue weighted by Gasteiger charge is -2.36. The van der Waals surface area contributed by atoms with E-state index in [4.69, 9.17) is 9.98 Å². The van der Waals surface area contributed by atoms with Crippen molar-refractivity contribution in [2.75, 3.05) is 0 Å². The van der Waals surface area contributed by atoms with Crippen LogP contribution in [0.3, 0.4) is 0 Å². The fraction of sp³-hybridized carbons (Fsp3) is 0.520. The number of rotatable bonds is 7. The minimum absolute atomic E-state index is 0.122. The third-order valence-electron chi connectivity index (χ3n) is 7.19. The van der Waals surface area contributed by atoms with Gasteiger partial charge in [0.25, 0.3) is 0 Å². The Balaban J connectivity index is 2.31. The van der Waals surface area contributed by atoms with Gasteiger partial charge in [-0.2, -0.15) is 0 Å². The van der Waals surface area contributed by atoms with E-state index in [2.05, 4.69) is 84.0 Å². The smallest absolute Gasteiger partial charge is 0.167 e. The number of hydrogen-bond donors (Lipinski definition) is 0. The molecule has 0 fully saturated rings. The number of benzene rings is 2. The van der Waals surface area contributed by atoms with Crippen LogP contribution >= 0.6 is 0 Å². The Kier molecular flexibility index (Phi) is 5.55. The predicted molar refractivity (Wildman–Crippen MR) is 114 cm³/mol. The second-order valence-electron chi connectivity index (χ2n) is 8.42. The predicted octanol–water partition coefficient (Wildman–Crippen LogP) is 5.79. The van der Waals surface area contributed by atoms with Crippen LogP contribution in [0.2, 0.25) is 0 Å². The first kappa shape index (κ1) is 19.8. The minimum atomic E-state index is -0.122. The van der Waals surface area contributed by atoms with E-state index < -0.39 is 0 Å². The molecule has 0 aliphatic carbocycles. The maximum absolute atomic E-state index is 5.04. The Labute approximate surface area is 164 Å². The van der Waals surface area contributed by atoms with Gasteiger partial charge in [-0.25, -0.2) is 0 Å². The summed E-state index contributed by atoms with van der Waals surface area (Å²) in [6, 6.07) is 15.2. The van der Waals surface area contributed by atoms with Gasteiger partial charge in [0.1, 0.15) is 0 Å². The molecule has 144 valence electrons. The van der Waals surface area contributed by atoms with E-state index >= 15 is 0 Å². The summed E-state index contributed by atoms with van der Waals surface area (Å²) in [5.74, 6) is 0. The fourth-order valence-corrected chi connectivity index (χ4v) is 4.26. The van der Waals surface area contributed by atoms with Gasteiger partial charge in [-0.05, 0) is 59.8 Å². The number of hydrogen-bond acceptors (Lipinski definition) is 2. The number of nitrogens with zero attached hydrogens (tertiary/aromatic N) is 2. The Morgan fingerprint density at radius 2 is 1.07 bits per heavy atom. The van der Waals surface area contributed by atoms with Crippen molar-refractivity contribution in [3.63, 3.8) is 0 Å². The number of fused-ring (bicyclic) bond motifs is 1. The summed E-state index contributed by atoms with van der Waals surface area (Å²) in [4.78, 5) is 10.1. The fourth-order valence-electron chi connectivity index (χ4n) is 4.26. The number of para-hydroxylation sites is 2. The van der Waals surface area contributed by atoms with Crippen molar-refractivity contribution in [2.24, 2.45) is 9.98 Å². The highest BCUT2D eigenvalue weighted by Gasteiger charge is 2.35. The van der Waals surface area contributed by atoms with Gasteiger partial charge in [0.05, 0.1) is 10.7 Å². The Morgan fingerprint density at radius 3 is 1.44 bits per heavy atom. The highest BCUT2D eigenvalue weighted by molar-refractivity contribution is 5.46. The molecule has 2 aromatic rings. The molecule has 1 heterocycles. The van der Waals surface area contributed by atoms with Crippen molar-refractivity contribution in [1.29, 1.82) is 0 Å². The van der Waals surface area contributed by atoms with Crippen LogP contribution in [0.4, 0.5) is 0 Å². The van der Waals surface area contributed by atoms with Crippen molar-refractivity contribution >= 4 is 0 Å². The molecule has 0 saturated heterocycles. The second kappa shape index (κ2) is 7.58. The van der Waals surface area contributed by atoms with E-state index in [0.717, 1.165) is 36.4 Å². The molecular formula is C25H34N2. The van der Waals surface area contributed by atoms with Gasteiger partial charge in [0, 0.05) is 5.56 Å². The molecule has 0 amide bonds. The lowest BCUT2D eigenvalue weighted by atomic mass is 9.69. The maximum Gasteiger partial charge on any atom is 0.167 e. The first-order valence-corrected chi connectivity index (χ1v) is 10.6. The lowest BCUT2D eigenvalue weighted by Crippen LogP contribution is -2.28. The highest BCUT2D eigenvalue weighted by Crippen LogP contribution is 2.44. The van der Waals surface area contributed by atoms with Gasteiger partial charge in [0.2, 0.25) is 0 Å². The zero-order valence-corrected chi connectivity index (χ0v) is 17.8. The van der Waals surface area contributed by atoms with Crippen molar-refractivity contribution in [3.05, 3.63) is 69.9 Å². The van der Waals surface area contributed by atoms with Crippen LogP contribution in [-0.4, -0.2) is 0 Å². The van der Waals surface area contributed by atoms with Gasteiger partial charge in [-0.1, -0.05) is 71.9 Å². The molecule has 0 saturated carbocycles. The molecule has 1 aliphatic rings. The SMILES string of the molecule is CCC(C)(CC)c1cccc(C(C)(CC)CC)c1C1N=c2ccccc2=N1. The molecule has 2 nitrogen and oxygen atoms in total. The first-order valence-electron chi connectivity index (χ1n) is 10.6. The molecule has 0 atom stereocenters.